The van der Waals surface area contributed by atoms with E-state index in [4.69, 9.17) is 0 Å². The maximum absolute atomic E-state index is 11.4. The lowest BCUT2D eigenvalue weighted by atomic mass is 10.4. The first kappa shape index (κ1) is 11.2. The zero-order valence-electron chi connectivity index (χ0n) is 7.32. The lowest BCUT2D eigenvalue weighted by Crippen LogP contribution is -2.28. The summed E-state index contributed by atoms with van der Waals surface area (Å²) in [5, 5.41) is 0. The highest BCUT2D eigenvalue weighted by atomic mass is 79.9. The summed E-state index contributed by atoms with van der Waals surface area (Å²) in [5.41, 5.74) is 0. The molecule has 0 atom stereocenters. The van der Waals surface area contributed by atoms with Crippen molar-refractivity contribution < 1.29 is 13.2 Å². The second-order valence-electron chi connectivity index (χ2n) is 2.62. The van der Waals surface area contributed by atoms with Crippen molar-refractivity contribution in [1.82, 2.24) is 4.72 Å². The fraction of sp³-hybridized carbons (Fsp3) is 0.125. The molecule has 0 aromatic heterocycles. The highest BCUT2D eigenvalue weighted by molar-refractivity contribution is 9.10. The number of hydrogen-bond acceptors (Lipinski definition) is 3. The summed E-state index contributed by atoms with van der Waals surface area (Å²) in [6, 6.07) is 6.01. The van der Waals surface area contributed by atoms with Crippen LogP contribution in [0.1, 0.15) is 6.92 Å². The minimum atomic E-state index is -3.70. The van der Waals surface area contributed by atoms with E-state index in [-0.39, 0.29) is 4.90 Å². The molecule has 0 radical (unpaired) electrons. The SMILES string of the molecule is CC(=O)NS(=O)(=O)c1ccc(Br)cc1. The lowest BCUT2D eigenvalue weighted by Gasteiger charge is -2.03. The Labute approximate surface area is 90.5 Å². The van der Waals surface area contributed by atoms with Crippen LogP contribution in [-0.2, 0) is 14.8 Å². The number of carbonyl (C=O) groups excluding carboxylic acids is 1. The van der Waals surface area contributed by atoms with Crippen LogP contribution in [0.5, 0.6) is 0 Å². The van der Waals surface area contributed by atoms with E-state index < -0.39 is 15.9 Å². The average molecular weight is 278 g/mol. The molecule has 1 aromatic carbocycles. The first-order valence-corrected chi connectivity index (χ1v) is 5.98. The van der Waals surface area contributed by atoms with Gasteiger partial charge in [0.2, 0.25) is 5.91 Å². The Morgan fingerprint density at radius 1 is 1.29 bits per heavy atom. The standard InChI is InChI=1S/C8H8BrNO3S/c1-6(11)10-14(12,13)8-4-2-7(9)3-5-8/h2-5H,1H3,(H,10,11). The van der Waals surface area contributed by atoms with Gasteiger partial charge in [-0.15, -0.1) is 0 Å². The number of sulfonamides is 1. The Bertz CT molecular complexity index is 438. The van der Waals surface area contributed by atoms with Crippen LogP contribution in [-0.4, -0.2) is 14.3 Å². The summed E-state index contributed by atoms with van der Waals surface area (Å²) in [4.78, 5) is 10.7. The molecule has 1 amide bonds. The first-order valence-electron chi connectivity index (χ1n) is 3.71. The molecule has 1 rings (SSSR count). The smallest absolute Gasteiger partial charge is 0.264 e. The topological polar surface area (TPSA) is 63.2 Å². The third-order valence-electron chi connectivity index (χ3n) is 1.40. The van der Waals surface area contributed by atoms with Gasteiger partial charge in [0.15, 0.2) is 0 Å². The summed E-state index contributed by atoms with van der Waals surface area (Å²) < 4.78 is 25.5. The van der Waals surface area contributed by atoms with Crippen molar-refractivity contribution in [3.63, 3.8) is 0 Å². The van der Waals surface area contributed by atoms with E-state index >= 15 is 0 Å². The number of carbonyl (C=O) groups is 1. The summed E-state index contributed by atoms with van der Waals surface area (Å²) >= 11 is 3.18. The van der Waals surface area contributed by atoms with E-state index in [0.29, 0.717) is 0 Å². The molecule has 4 nitrogen and oxygen atoms in total. The molecule has 0 aliphatic rings. The average Bonchev–Trinajstić information content (AvgIpc) is 2.02. The number of rotatable bonds is 2. The van der Waals surface area contributed by atoms with Gasteiger partial charge >= 0.3 is 0 Å². The molecule has 14 heavy (non-hydrogen) atoms. The van der Waals surface area contributed by atoms with Crippen LogP contribution in [0.2, 0.25) is 0 Å². The first-order chi connectivity index (χ1) is 6.42. The third kappa shape index (κ3) is 2.81. The highest BCUT2D eigenvalue weighted by Crippen LogP contribution is 2.14. The molecule has 6 heteroatoms. The molecular weight excluding hydrogens is 270 g/mol. The van der Waals surface area contributed by atoms with Gasteiger partial charge in [-0.3, -0.25) is 4.79 Å². The van der Waals surface area contributed by atoms with Gasteiger partial charge < -0.3 is 0 Å². The number of amides is 1. The molecule has 0 aliphatic heterocycles. The monoisotopic (exact) mass is 277 g/mol. The molecule has 76 valence electrons. The predicted molar refractivity (Wildman–Crippen MR) is 55.1 cm³/mol. The second kappa shape index (κ2) is 4.10. The minimum Gasteiger partial charge on any atom is -0.274 e. The molecule has 1 aromatic rings. The predicted octanol–water partition coefficient (Wildman–Crippen LogP) is 1.27. The van der Waals surface area contributed by atoms with Crippen LogP contribution in [0.15, 0.2) is 33.6 Å². The normalized spacial score (nSPS) is 11.0. The quantitative estimate of drug-likeness (QED) is 0.886. The minimum absolute atomic E-state index is 0.0656. The molecule has 0 fully saturated rings. The van der Waals surface area contributed by atoms with Crippen LogP contribution >= 0.6 is 15.9 Å². The van der Waals surface area contributed by atoms with Crippen molar-refractivity contribution in [3.8, 4) is 0 Å². The van der Waals surface area contributed by atoms with E-state index in [9.17, 15) is 13.2 Å². The Morgan fingerprint density at radius 2 is 1.79 bits per heavy atom. The van der Waals surface area contributed by atoms with Crippen molar-refractivity contribution >= 4 is 31.9 Å². The zero-order chi connectivity index (χ0) is 10.8. The van der Waals surface area contributed by atoms with Gasteiger partial charge in [-0.2, -0.15) is 0 Å². The van der Waals surface area contributed by atoms with Gasteiger partial charge in [-0.25, -0.2) is 13.1 Å². The zero-order valence-corrected chi connectivity index (χ0v) is 9.72. The summed E-state index contributed by atoms with van der Waals surface area (Å²) in [6.45, 7) is 1.15. The Kier molecular flexibility index (Phi) is 3.28. The highest BCUT2D eigenvalue weighted by Gasteiger charge is 2.14. The summed E-state index contributed by atoms with van der Waals surface area (Å²) in [7, 11) is -3.70. The van der Waals surface area contributed by atoms with Crippen molar-refractivity contribution in [3.05, 3.63) is 28.7 Å². The lowest BCUT2D eigenvalue weighted by molar-refractivity contribution is -0.117. The van der Waals surface area contributed by atoms with Crippen molar-refractivity contribution in [2.24, 2.45) is 0 Å². The Hall–Kier alpha value is -0.880. The van der Waals surface area contributed by atoms with E-state index in [1.165, 1.54) is 12.1 Å². The summed E-state index contributed by atoms with van der Waals surface area (Å²) in [5.74, 6) is -0.604. The Balaban J connectivity index is 3.05. The largest absolute Gasteiger partial charge is 0.274 e. The summed E-state index contributed by atoms with van der Waals surface area (Å²) in [6.07, 6.45) is 0. The molecule has 0 saturated carbocycles. The maximum Gasteiger partial charge on any atom is 0.264 e. The van der Waals surface area contributed by atoms with E-state index in [1.54, 1.807) is 12.1 Å². The Morgan fingerprint density at radius 3 is 2.21 bits per heavy atom. The van der Waals surface area contributed by atoms with Crippen LogP contribution in [0.3, 0.4) is 0 Å². The van der Waals surface area contributed by atoms with Crippen LogP contribution in [0.25, 0.3) is 0 Å². The van der Waals surface area contributed by atoms with Gasteiger partial charge in [0, 0.05) is 11.4 Å². The van der Waals surface area contributed by atoms with E-state index in [2.05, 4.69) is 15.9 Å². The second-order valence-corrected chi connectivity index (χ2v) is 5.21. The van der Waals surface area contributed by atoms with Crippen molar-refractivity contribution in [1.29, 1.82) is 0 Å². The molecule has 0 unspecified atom stereocenters. The number of nitrogens with one attached hydrogen (secondary N) is 1. The molecule has 0 saturated heterocycles. The van der Waals surface area contributed by atoms with Crippen molar-refractivity contribution in [2.75, 3.05) is 0 Å². The number of halogens is 1. The number of benzene rings is 1. The molecule has 0 aliphatic carbocycles. The molecule has 1 N–H and O–H groups in total. The fourth-order valence-electron chi connectivity index (χ4n) is 0.862. The molecule has 0 bridgehead atoms. The molecule has 0 heterocycles. The molecule has 0 spiro atoms. The number of hydrogen-bond donors (Lipinski definition) is 1. The van der Waals surface area contributed by atoms with Gasteiger partial charge in [0.05, 0.1) is 4.90 Å². The van der Waals surface area contributed by atoms with Gasteiger partial charge in [-0.05, 0) is 24.3 Å². The van der Waals surface area contributed by atoms with Gasteiger partial charge in [0.25, 0.3) is 10.0 Å². The third-order valence-corrected chi connectivity index (χ3v) is 3.38. The van der Waals surface area contributed by atoms with Gasteiger partial charge in [-0.1, -0.05) is 15.9 Å². The van der Waals surface area contributed by atoms with Gasteiger partial charge in [0.1, 0.15) is 0 Å². The van der Waals surface area contributed by atoms with Crippen LogP contribution < -0.4 is 4.72 Å². The maximum atomic E-state index is 11.4. The van der Waals surface area contributed by atoms with Crippen LogP contribution in [0, 0.1) is 0 Å². The van der Waals surface area contributed by atoms with E-state index in [1.807, 2.05) is 4.72 Å². The van der Waals surface area contributed by atoms with Crippen LogP contribution in [0.4, 0.5) is 0 Å². The fourth-order valence-corrected chi connectivity index (χ4v) is 2.12. The van der Waals surface area contributed by atoms with E-state index in [0.717, 1.165) is 11.4 Å². The molecular formula is C8H8BrNO3S. The van der Waals surface area contributed by atoms with Crippen molar-refractivity contribution in [2.45, 2.75) is 11.8 Å².